The Morgan fingerprint density at radius 3 is 2.87 bits per heavy atom. The molecule has 23 heavy (non-hydrogen) atoms. The molecule has 0 atom stereocenters. The Balaban J connectivity index is 1.72. The van der Waals surface area contributed by atoms with Gasteiger partial charge in [-0.2, -0.15) is 13.2 Å². The van der Waals surface area contributed by atoms with Gasteiger partial charge in [0.15, 0.2) is 5.13 Å². The fourth-order valence-corrected chi connectivity index (χ4v) is 2.95. The highest BCUT2D eigenvalue weighted by atomic mass is 32.1. The zero-order chi connectivity index (χ0) is 16.6. The van der Waals surface area contributed by atoms with Gasteiger partial charge in [-0.25, -0.2) is 4.98 Å². The summed E-state index contributed by atoms with van der Waals surface area (Å²) >= 11 is 0.410. The van der Waals surface area contributed by atoms with Crippen molar-refractivity contribution >= 4 is 33.3 Å². The number of hydrogen-bond donors (Lipinski definition) is 2. The standard InChI is InChI=1S/C15H12F3N3OS/c1-8-2-3-10-9(6-19-11(10)4-8)5-13(22)21-14-20-7-12(23-14)15(16,17)18/h2-4,6-7,19H,5H2,1H3,(H,20,21,22). The predicted octanol–water partition coefficient (Wildman–Crippen LogP) is 4.13. The molecule has 2 N–H and O–H groups in total. The van der Waals surface area contributed by atoms with Crippen LogP contribution in [0.5, 0.6) is 0 Å². The molecule has 0 aliphatic carbocycles. The fraction of sp³-hybridized carbons (Fsp3) is 0.200. The zero-order valence-corrected chi connectivity index (χ0v) is 12.8. The van der Waals surface area contributed by atoms with Gasteiger partial charge in [-0.1, -0.05) is 23.5 Å². The van der Waals surface area contributed by atoms with Crippen molar-refractivity contribution < 1.29 is 18.0 Å². The second kappa shape index (κ2) is 5.69. The lowest BCUT2D eigenvalue weighted by Crippen LogP contribution is -2.13. The van der Waals surface area contributed by atoms with Crippen LogP contribution < -0.4 is 5.32 Å². The molecule has 1 aromatic carbocycles. The highest BCUT2D eigenvalue weighted by Crippen LogP contribution is 2.35. The van der Waals surface area contributed by atoms with Crippen molar-refractivity contribution in [2.75, 3.05) is 5.32 Å². The second-order valence-electron chi connectivity index (χ2n) is 5.12. The van der Waals surface area contributed by atoms with Gasteiger partial charge in [0, 0.05) is 17.1 Å². The molecular formula is C15H12F3N3OS. The quantitative estimate of drug-likeness (QED) is 0.754. The smallest absolute Gasteiger partial charge is 0.361 e. The van der Waals surface area contributed by atoms with E-state index < -0.39 is 17.0 Å². The summed E-state index contributed by atoms with van der Waals surface area (Å²) in [5.74, 6) is -0.408. The molecule has 0 spiro atoms. The minimum atomic E-state index is -4.45. The number of aromatic nitrogens is 2. The monoisotopic (exact) mass is 339 g/mol. The van der Waals surface area contributed by atoms with Crippen LogP contribution in [-0.2, 0) is 17.4 Å². The number of alkyl halides is 3. The van der Waals surface area contributed by atoms with Gasteiger partial charge in [0.2, 0.25) is 5.91 Å². The Kier molecular flexibility index (Phi) is 3.85. The van der Waals surface area contributed by atoms with Crippen molar-refractivity contribution in [2.24, 2.45) is 0 Å². The number of halogens is 3. The fourth-order valence-electron chi connectivity index (χ4n) is 2.25. The molecule has 4 nitrogen and oxygen atoms in total. The van der Waals surface area contributed by atoms with E-state index in [-0.39, 0.29) is 11.6 Å². The van der Waals surface area contributed by atoms with E-state index in [2.05, 4.69) is 15.3 Å². The second-order valence-corrected chi connectivity index (χ2v) is 6.15. The average molecular weight is 339 g/mol. The van der Waals surface area contributed by atoms with Crippen LogP contribution in [-0.4, -0.2) is 15.9 Å². The number of aromatic amines is 1. The SMILES string of the molecule is Cc1ccc2c(CC(=O)Nc3ncc(C(F)(F)F)s3)c[nH]c2c1. The maximum Gasteiger partial charge on any atom is 0.427 e. The van der Waals surface area contributed by atoms with Gasteiger partial charge in [0.25, 0.3) is 0 Å². The first-order valence-corrected chi connectivity index (χ1v) is 7.54. The summed E-state index contributed by atoms with van der Waals surface area (Å²) in [6.07, 6.45) is -1.94. The molecule has 3 rings (SSSR count). The lowest BCUT2D eigenvalue weighted by Gasteiger charge is -2.02. The number of hydrogen-bond acceptors (Lipinski definition) is 3. The van der Waals surface area contributed by atoms with Crippen molar-refractivity contribution in [2.45, 2.75) is 19.5 Å². The normalized spacial score (nSPS) is 11.8. The molecule has 0 bridgehead atoms. The van der Waals surface area contributed by atoms with E-state index in [1.807, 2.05) is 25.1 Å². The summed E-state index contributed by atoms with van der Waals surface area (Å²) in [5, 5.41) is 3.26. The Morgan fingerprint density at radius 2 is 2.17 bits per heavy atom. The Bertz CT molecular complexity index is 866. The van der Waals surface area contributed by atoms with Crippen molar-refractivity contribution in [3.8, 4) is 0 Å². The van der Waals surface area contributed by atoms with Gasteiger partial charge in [0.1, 0.15) is 4.88 Å². The molecule has 8 heteroatoms. The van der Waals surface area contributed by atoms with Gasteiger partial charge >= 0.3 is 6.18 Å². The van der Waals surface area contributed by atoms with Gasteiger partial charge in [-0.3, -0.25) is 4.79 Å². The van der Waals surface area contributed by atoms with Crippen LogP contribution in [0.25, 0.3) is 10.9 Å². The third-order valence-corrected chi connectivity index (χ3v) is 4.26. The molecule has 0 radical (unpaired) electrons. The number of fused-ring (bicyclic) bond motifs is 1. The van der Waals surface area contributed by atoms with E-state index >= 15 is 0 Å². The molecule has 120 valence electrons. The van der Waals surface area contributed by atoms with E-state index in [0.29, 0.717) is 11.3 Å². The lowest BCUT2D eigenvalue weighted by atomic mass is 10.1. The van der Waals surface area contributed by atoms with Crippen LogP contribution in [0, 0.1) is 6.92 Å². The Hall–Kier alpha value is -2.35. The largest absolute Gasteiger partial charge is 0.427 e. The maximum absolute atomic E-state index is 12.5. The number of carbonyl (C=O) groups is 1. The van der Waals surface area contributed by atoms with Crippen molar-refractivity contribution in [3.63, 3.8) is 0 Å². The summed E-state index contributed by atoms with van der Waals surface area (Å²) < 4.78 is 37.5. The van der Waals surface area contributed by atoms with Crippen molar-refractivity contribution in [3.05, 3.63) is 46.6 Å². The Labute approximate surface area is 133 Å². The molecule has 0 aliphatic heterocycles. The number of nitrogens with zero attached hydrogens (tertiary/aromatic N) is 1. The van der Waals surface area contributed by atoms with Gasteiger partial charge in [0.05, 0.1) is 12.6 Å². The molecule has 1 amide bonds. The van der Waals surface area contributed by atoms with E-state index in [1.54, 1.807) is 6.20 Å². The maximum atomic E-state index is 12.5. The highest BCUT2D eigenvalue weighted by molar-refractivity contribution is 7.15. The van der Waals surface area contributed by atoms with E-state index in [0.717, 1.165) is 28.2 Å². The average Bonchev–Trinajstić information content (AvgIpc) is 3.05. The first-order valence-electron chi connectivity index (χ1n) is 6.72. The number of benzene rings is 1. The minimum absolute atomic E-state index is 0.0574. The third kappa shape index (κ3) is 3.37. The number of carbonyl (C=O) groups excluding carboxylic acids is 1. The van der Waals surface area contributed by atoms with E-state index in [1.165, 1.54) is 0 Å². The van der Waals surface area contributed by atoms with Gasteiger partial charge in [-0.15, -0.1) is 0 Å². The van der Waals surface area contributed by atoms with E-state index in [4.69, 9.17) is 0 Å². The van der Waals surface area contributed by atoms with Gasteiger partial charge in [-0.05, 0) is 24.1 Å². The molecule has 3 aromatic rings. The van der Waals surface area contributed by atoms with Crippen LogP contribution in [0.4, 0.5) is 18.3 Å². The van der Waals surface area contributed by atoms with Crippen LogP contribution in [0.1, 0.15) is 16.0 Å². The lowest BCUT2D eigenvalue weighted by molar-refractivity contribution is -0.134. The number of amides is 1. The summed E-state index contributed by atoms with van der Waals surface area (Å²) in [6, 6.07) is 5.82. The number of aryl methyl sites for hydroxylation is 1. The van der Waals surface area contributed by atoms with Crippen LogP contribution in [0.15, 0.2) is 30.6 Å². The summed E-state index contributed by atoms with van der Waals surface area (Å²) in [7, 11) is 0. The molecule has 2 heterocycles. The molecular weight excluding hydrogens is 327 g/mol. The first kappa shape index (κ1) is 15.5. The topological polar surface area (TPSA) is 57.8 Å². The molecule has 0 aliphatic rings. The number of thiazole rings is 1. The van der Waals surface area contributed by atoms with E-state index in [9.17, 15) is 18.0 Å². The predicted molar refractivity (Wildman–Crippen MR) is 82.5 cm³/mol. The minimum Gasteiger partial charge on any atom is -0.361 e. The van der Waals surface area contributed by atoms with Crippen LogP contribution >= 0.6 is 11.3 Å². The molecule has 0 saturated carbocycles. The summed E-state index contributed by atoms with van der Waals surface area (Å²) in [6.45, 7) is 1.97. The molecule has 0 unspecified atom stereocenters. The summed E-state index contributed by atoms with van der Waals surface area (Å²) in [5.41, 5.74) is 2.80. The van der Waals surface area contributed by atoms with Crippen LogP contribution in [0.3, 0.4) is 0 Å². The number of H-pyrrole nitrogens is 1. The Morgan fingerprint density at radius 1 is 1.39 bits per heavy atom. The highest BCUT2D eigenvalue weighted by Gasteiger charge is 2.33. The molecule has 0 fully saturated rings. The number of anilines is 1. The molecule has 0 saturated heterocycles. The molecule has 2 aromatic heterocycles. The number of rotatable bonds is 3. The summed E-state index contributed by atoms with van der Waals surface area (Å²) in [4.78, 5) is 17.8. The van der Waals surface area contributed by atoms with Crippen LogP contribution in [0.2, 0.25) is 0 Å². The third-order valence-electron chi connectivity index (χ3n) is 3.31. The van der Waals surface area contributed by atoms with Crippen molar-refractivity contribution in [1.82, 2.24) is 9.97 Å². The van der Waals surface area contributed by atoms with Crippen molar-refractivity contribution in [1.29, 1.82) is 0 Å². The zero-order valence-electron chi connectivity index (χ0n) is 12.0. The number of nitrogens with one attached hydrogen (secondary N) is 2. The van der Waals surface area contributed by atoms with Gasteiger partial charge < -0.3 is 10.3 Å². The first-order chi connectivity index (χ1) is 10.8.